The summed E-state index contributed by atoms with van der Waals surface area (Å²) >= 11 is 3.56. The highest BCUT2D eigenvalue weighted by atomic mass is 79.9. The van der Waals surface area contributed by atoms with Crippen LogP contribution in [0.5, 0.6) is 0 Å². The first-order valence-corrected chi connectivity index (χ1v) is 6.87. The maximum absolute atomic E-state index is 9.00. The summed E-state index contributed by atoms with van der Waals surface area (Å²) in [6.45, 7) is 4.12. The van der Waals surface area contributed by atoms with E-state index in [9.17, 15) is 0 Å². The number of halogens is 1. The summed E-state index contributed by atoms with van der Waals surface area (Å²) in [6, 6.07) is 0. The number of hydrogen-bond acceptors (Lipinski definition) is 3. The fraction of sp³-hybridized carbons (Fsp3) is 0.750. The highest BCUT2D eigenvalue weighted by Crippen LogP contribution is 2.47. The Bertz CT molecular complexity index is 399. The molecule has 2 rings (SSSR count). The molecule has 1 aliphatic rings. The summed E-state index contributed by atoms with van der Waals surface area (Å²) in [5.74, 6) is 0. The Morgan fingerprint density at radius 3 is 2.71 bits per heavy atom. The number of aliphatic hydroxyl groups excluding tert-OH is 1. The molecule has 0 amide bonds. The maximum atomic E-state index is 9.00. The summed E-state index contributed by atoms with van der Waals surface area (Å²) in [5.41, 5.74) is 2.58. The average Bonchev–Trinajstić information content (AvgIpc) is 2.99. The van der Waals surface area contributed by atoms with Gasteiger partial charge >= 0.3 is 0 Å². The number of aliphatic hydroxyl groups is 1. The predicted molar refractivity (Wildman–Crippen MR) is 70.7 cm³/mol. The average molecular weight is 302 g/mol. The minimum Gasteiger partial charge on any atom is -0.396 e. The van der Waals surface area contributed by atoms with Crippen molar-refractivity contribution in [2.75, 3.05) is 13.2 Å². The number of nitrogens with one attached hydrogen (secondary N) is 1. The van der Waals surface area contributed by atoms with Crippen LogP contribution in [0.15, 0.2) is 4.47 Å². The lowest BCUT2D eigenvalue weighted by Gasteiger charge is -2.14. The van der Waals surface area contributed by atoms with Gasteiger partial charge in [0.25, 0.3) is 0 Å². The molecule has 0 bridgehead atoms. The Labute approximate surface area is 111 Å². The fourth-order valence-electron chi connectivity index (χ4n) is 2.25. The second kappa shape index (κ2) is 5.08. The molecule has 1 aliphatic carbocycles. The van der Waals surface area contributed by atoms with E-state index in [2.05, 4.69) is 26.3 Å². The lowest BCUT2D eigenvalue weighted by molar-refractivity contribution is 0.245. The molecular weight excluding hydrogens is 282 g/mol. The van der Waals surface area contributed by atoms with Crippen molar-refractivity contribution in [2.24, 2.45) is 12.5 Å². The molecule has 1 aromatic rings. The lowest BCUT2D eigenvalue weighted by atomic mass is 10.0. The van der Waals surface area contributed by atoms with Crippen LogP contribution in [0, 0.1) is 12.3 Å². The van der Waals surface area contributed by atoms with Crippen molar-refractivity contribution in [3.63, 3.8) is 0 Å². The SMILES string of the molecule is Cc1nn(C)c(CNCC2(CCO)CC2)c1Br. The monoisotopic (exact) mass is 301 g/mol. The Morgan fingerprint density at radius 1 is 1.53 bits per heavy atom. The van der Waals surface area contributed by atoms with Gasteiger partial charge in [0.1, 0.15) is 0 Å². The molecule has 1 heterocycles. The van der Waals surface area contributed by atoms with E-state index in [1.165, 1.54) is 18.5 Å². The van der Waals surface area contributed by atoms with Crippen LogP contribution in [0.2, 0.25) is 0 Å². The van der Waals surface area contributed by atoms with Crippen LogP contribution in [-0.2, 0) is 13.6 Å². The molecule has 0 spiro atoms. The Morgan fingerprint density at radius 2 is 2.24 bits per heavy atom. The van der Waals surface area contributed by atoms with Gasteiger partial charge in [-0.3, -0.25) is 4.68 Å². The fourth-order valence-corrected chi connectivity index (χ4v) is 2.72. The van der Waals surface area contributed by atoms with Gasteiger partial charge in [-0.1, -0.05) is 0 Å². The number of nitrogens with zero attached hydrogens (tertiary/aromatic N) is 2. The van der Waals surface area contributed by atoms with Crippen LogP contribution in [0.1, 0.15) is 30.7 Å². The van der Waals surface area contributed by atoms with Gasteiger partial charge in [0.05, 0.1) is 15.9 Å². The van der Waals surface area contributed by atoms with Gasteiger partial charge < -0.3 is 10.4 Å². The lowest BCUT2D eigenvalue weighted by Crippen LogP contribution is -2.25. The van der Waals surface area contributed by atoms with Crippen LogP contribution < -0.4 is 5.32 Å². The van der Waals surface area contributed by atoms with Gasteiger partial charge in [-0.25, -0.2) is 0 Å². The molecule has 1 aromatic heterocycles. The van der Waals surface area contributed by atoms with E-state index in [0.717, 1.165) is 29.7 Å². The first-order chi connectivity index (χ1) is 8.08. The largest absolute Gasteiger partial charge is 0.396 e. The zero-order chi connectivity index (χ0) is 12.5. The molecule has 0 aromatic carbocycles. The van der Waals surface area contributed by atoms with E-state index in [1.54, 1.807) is 0 Å². The molecule has 2 N–H and O–H groups in total. The molecule has 0 radical (unpaired) electrons. The molecule has 1 saturated carbocycles. The zero-order valence-corrected chi connectivity index (χ0v) is 12.0. The van der Waals surface area contributed by atoms with Crippen LogP contribution in [0.25, 0.3) is 0 Å². The Hall–Kier alpha value is -0.390. The van der Waals surface area contributed by atoms with E-state index in [4.69, 9.17) is 5.11 Å². The number of aromatic nitrogens is 2. The van der Waals surface area contributed by atoms with Gasteiger partial charge in [-0.2, -0.15) is 5.10 Å². The Balaban J connectivity index is 1.86. The number of hydrogen-bond donors (Lipinski definition) is 2. The smallest absolute Gasteiger partial charge is 0.0739 e. The number of aryl methyl sites for hydroxylation is 2. The van der Waals surface area contributed by atoms with Crippen molar-refractivity contribution in [3.05, 3.63) is 15.9 Å². The molecule has 0 atom stereocenters. The summed E-state index contributed by atoms with van der Waals surface area (Å²) < 4.78 is 3.01. The quantitative estimate of drug-likeness (QED) is 0.841. The normalized spacial score (nSPS) is 17.4. The van der Waals surface area contributed by atoms with E-state index < -0.39 is 0 Å². The second-order valence-corrected chi connectivity index (χ2v) is 5.84. The second-order valence-electron chi connectivity index (χ2n) is 5.05. The van der Waals surface area contributed by atoms with Crippen molar-refractivity contribution in [1.82, 2.24) is 15.1 Å². The molecule has 0 aliphatic heterocycles. The third-order valence-electron chi connectivity index (χ3n) is 3.65. The molecule has 96 valence electrons. The minimum atomic E-state index is 0.302. The van der Waals surface area contributed by atoms with E-state index in [0.29, 0.717) is 12.0 Å². The first kappa shape index (κ1) is 13.1. The van der Waals surface area contributed by atoms with E-state index >= 15 is 0 Å². The zero-order valence-electron chi connectivity index (χ0n) is 10.5. The summed E-state index contributed by atoms with van der Waals surface area (Å²) in [7, 11) is 1.97. The van der Waals surface area contributed by atoms with Crippen molar-refractivity contribution >= 4 is 15.9 Å². The van der Waals surface area contributed by atoms with Gasteiger partial charge in [0.15, 0.2) is 0 Å². The van der Waals surface area contributed by atoms with Crippen LogP contribution >= 0.6 is 15.9 Å². The third-order valence-corrected chi connectivity index (χ3v) is 4.68. The predicted octanol–water partition coefficient (Wildman–Crippen LogP) is 1.74. The Kier molecular flexibility index (Phi) is 3.90. The molecule has 5 heteroatoms. The van der Waals surface area contributed by atoms with Gasteiger partial charge in [-0.15, -0.1) is 0 Å². The standard InChI is InChI=1S/C12H20BrN3O/c1-9-11(13)10(16(2)15-9)7-14-8-12(3-4-12)5-6-17/h14,17H,3-8H2,1-2H3. The molecule has 4 nitrogen and oxygen atoms in total. The van der Waals surface area contributed by atoms with Crippen molar-refractivity contribution in [3.8, 4) is 0 Å². The van der Waals surface area contributed by atoms with Gasteiger partial charge in [0, 0.05) is 26.7 Å². The molecule has 1 fully saturated rings. The van der Waals surface area contributed by atoms with Crippen molar-refractivity contribution < 1.29 is 5.11 Å². The van der Waals surface area contributed by atoms with Crippen LogP contribution in [0.4, 0.5) is 0 Å². The summed E-state index contributed by atoms with van der Waals surface area (Å²) in [4.78, 5) is 0. The minimum absolute atomic E-state index is 0.302. The van der Waals surface area contributed by atoms with Gasteiger partial charge in [0.2, 0.25) is 0 Å². The first-order valence-electron chi connectivity index (χ1n) is 6.07. The number of rotatable bonds is 6. The molecule has 0 unspecified atom stereocenters. The van der Waals surface area contributed by atoms with Crippen molar-refractivity contribution in [1.29, 1.82) is 0 Å². The summed E-state index contributed by atoms with van der Waals surface area (Å²) in [6.07, 6.45) is 3.41. The van der Waals surface area contributed by atoms with Crippen LogP contribution in [0.3, 0.4) is 0 Å². The van der Waals surface area contributed by atoms with Crippen LogP contribution in [-0.4, -0.2) is 28.0 Å². The highest BCUT2D eigenvalue weighted by Gasteiger charge is 2.41. The molecule has 17 heavy (non-hydrogen) atoms. The van der Waals surface area contributed by atoms with Gasteiger partial charge in [-0.05, 0) is 47.5 Å². The van der Waals surface area contributed by atoms with Crippen molar-refractivity contribution in [2.45, 2.75) is 32.7 Å². The highest BCUT2D eigenvalue weighted by molar-refractivity contribution is 9.10. The topological polar surface area (TPSA) is 50.1 Å². The summed E-state index contributed by atoms with van der Waals surface area (Å²) in [5, 5.41) is 16.9. The van der Waals surface area contributed by atoms with E-state index in [-0.39, 0.29) is 0 Å². The molecule has 0 saturated heterocycles. The third kappa shape index (κ3) is 2.89. The van der Waals surface area contributed by atoms with E-state index in [1.807, 2.05) is 18.7 Å². The molecular formula is C12H20BrN3O. The maximum Gasteiger partial charge on any atom is 0.0739 e.